The second-order valence-electron chi connectivity index (χ2n) is 14.2. The van der Waals surface area contributed by atoms with Crippen molar-refractivity contribution in [1.82, 2.24) is 0 Å². The zero-order valence-electron chi connectivity index (χ0n) is 28.2. The van der Waals surface area contributed by atoms with Crippen LogP contribution in [0.15, 0.2) is 107 Å². The third-order valence-electron chi connectivity index (χ3n) is 9.52. The van der Waals surface area contributed by atoms with Gasteiger partial charge in [-0.25, -0.2) is 0 Å². The molecule has 2 aliphatic carbocycles. The smallest absolute Gasteiger partial charge is 0.136 e. The number of Topliss-reactive ketones (excluding diaryl/α,β-unsaturated/α-hetero) is 1. The van der Waals surface area contributed by atoms with E-state index >= 15 is 0 Å². The van der Waals surface area contributed by atoms with Gasteiger partial charge in [-0.1, -0.05) is 149 Å². The summed E-state index contributed by atoms with van der Waals surface area (Å²) in [6.07, 6.45) is 33.4. The van der Waals surface area contributed by atoms with E-state index in [0.717, 1.165) is 19.3 Å². The molecule has 0 amide bonds. The molecule has 0 aromatic carbocycles. The number of aliphatic hydroxyl groups excluding tert-OH is 1. The van der Waals surface area contributed by atoms with Gasteiger partial charge in [0, 0.05) is 12.3 Å². The molecule has 0 heterocycles. The number of carbonyl (C=O) groups excluding carboxylic acids is 1. The van der Waals surface area contributed by atoms with Gasteiger partial charge in [0.1, 0.15) is 5.78 Å². The van der Waals surface area contributed by atoms with Gasteiger partial charge in [0.15, 0.2) is 0 Å². The highest BCUT2D eigenvalue weighted by atomic mass is 16.3. The average Bonchev–Trinajstić information content (AvgIpc) is 2.91. The maximum atomic E-state index is 12.2. The van der Waals surface area contributed by atoms with Gasteiger partial charge in [0.25, 0.3) is 0 Å². The van der Waals surface area contributed by atoms with Crippen LogP contribution >= 0.6 is 0 Å². The molecule has 0 unspecified atom stereocenters. The van der Waals surface area contributed by atoms with Crippen molar-refractivity contribution in [3.63, 3.8) is 0 Å². The largest absolute Gasteiger partial charge is 0.393 e. The first-order valence-corrected chi connectivity index (χ1v) is 15.9. The molecule has 5 atom stereocenters. The number of hydrogen-bond acceptors (Lipinski definition) is 2. The molecular formula is C40H58O2. The summed E-state index contributed by atoms with van der Waals surface area (Å²) in [6.45, 7) is 21.9. The summed E-state index contributed by atoms with van der Waals surface area (Å²) in [5.41, 5.74) is 5.16. The summed E-state index contributed by atoms with van der Waals surface area (Å²) < 4.78 is 0. The van der Waals surface area contributed by atoms with Crippen LogP contribution < -0.4 is 0 Å². The van der Waals surface area contributed by atoms with E-state index in [1.807, 2.05) is 0 Å². The van der Waals surface area contributed by atoms with Gasteiger partial charge in [-0.2, -0.15) is 0 Å². The summed E-state index contributed by atoms with van der Waals surface area (Å²) in [6, 6.07) is 0. The maximum Gasteiger partial charge on any atom is 0.136 e. The van der Waals surface area contributed by atoms with E-state index in [1.165, 1.54) is 22.3 Å². The number of hydrogen-bond donors (Lipinski definition) is 1. The fourth-order valence-corrected chi connectivity index (χ4v) is 6.33. The highest BCUT2D eigenvalue weighted by Crippen LogP contribution is 2.45. The summed E-state index contributed by atoms with van der Waals surface area (Å²) in [5, 5.41) is 10.3. The molecule has 42 heavy (non-hydrogen) atoms. The zero-order chi connectivity index (χ0) is 31.5. The molecule has 1 N–H and O–H groups in total. The normalized spacial score (nSPS) is 30.2. The Morgan fingerprint density at radius 3 is 1.62 bits per heavy atom. The third kappa shape index (κ3) is 11.2. The van der Waals surface area contributed by atoms with E-state index in [-0.39, 0.29) is 28.8 Å². The lowest BCUT2D eigenvalue weighted by atomic mass is 9.63. The Kier molecular flexibility index (Phi) is 13.7. The van der Waals surface area contributed by atoms with Gasteiger partial charge in [-0.05, 0) is 75.5 Å². The minimum absolute atomic E-state index is 0.0978. The molecule has 0 aromatic heterocycles. The first-order chi connectivity index (χ1) is 19.6. The van der Waals surface area contributed by atoms with Gasteiger partial charge in [-0.15, -0.1) is 0 Å². The summed E-state index contributed by atoms with van der Waals surface area (Å²) in [5.74, 6) is 1.46. The lowest BCUT2D eigenvalue weighted by Gasteiger charge is -2.44. The van der Waals surface area contributed by atoms with Crippen molar-refractivity contribution in [2.45, 2.75) is 101 Å². The zero-order valence-corrected chi connectivity index (χ0v) is 28.2. The number of carbonyl (C=O) groups is 1. The fourth-order valence-electron chi connectivity index (χ4n) is 6.33. The molecule has 0 bridgehead atoms. The topological polar surface area (TPSA) is 37.3 Å². The van der Waals surface area contributed by atoms with Crippen LogP contribution in [-0.4, -0.2) is 17.0 Å². The molecule has 0 saturated heterocycles. The lowest BCUT2D eigenvalue weighted by molar-refractivity contribution is -0.128. The minimum atomic E-state index is -0.196. The molecular weight excluding hydrogens is 512 g/mol. The molecule has 0 radical (unpaired) electrons. The molecule has 2 aliphatic rings. The molecule has 2 heteroatoms. The Labute approximate surface area is 258 Å². The van der Waals surface area contributed by atoms with Crippen LogP contribution in [0.25, 0.3) is 0 Å². The van der Waals surface area contributed by atoms with Crippen molar-refractivity contribution in [2.24, 2.45) is 34.5 Å². The molecule has 2 nitrogen and oxygen atoms in total. The average molecular weight is 571 g/mol. The van der Waals surface area contributed by atoms with Gasteiger partial charge < -0.3 is 5.11 Å². The first-order valence-electron chi connectivity index (χ1n) is 15.9. The van der Waals surface area contributed by atoms with Crippen molar-refractivity contribution in [3.8, 4) is 0 Å². The minimum Gasteiger partial charge on any atom is -0.393 e. The van der Waals surface area contributed by atoms with Crippen molar-refractivity contribution in [2.75, 3.05) is 0 Å². The van der Waals surface area contributed by atoms with Crippen LogP contribution in [0.2, 0.25) is 0 Å². The van der Waals surface area contributed by atoms with E-state index in [2.05, 4.69) is 154 Å². The Bertz CT molecular complexity index is 1190. The molecule has 2 rings (SSSR count). The fraction of sp³-hybridized carbons (Fsp3) is 0.525. The predicted octanol–water partition coefficient (Wildman–Crippen LogP) is 10.6. The Hall–Kier alpha value is -2.71. The Morgan fingerprint density at radius 1 is 0.667 bits per heavy atom. The second-order valence-corrected chi connectivity index (χ2v) is 14.2. The Morgan fingerprint density at radius 2 is 1.10 bits per heavy atom. The number of aliphatic hydroxyl groups is 1. The van der Waals surface area contributed by atoms with Gasteiger partial charge in [0.2, 0.25) is 0 Å². The van der Waals surface area contributed by atoms with Crippen LogP contribution in [-0.2, 0) is 4.79 Å². The molecule has 0 aliphatic heterocycles. The molecule has 230 valence electrons. The van der Waals surface area contributed by atoms with Crippen LogP contribution in [0.5, 0.6) is 0 Å². The molecule has 2 saturated carbocycles. The number of ketones is 1. The summed E-state index contributed by atoms with van der Waals surface area (Å²) >= 11 is 0. The highest BCUT2D eigenvalue weighted by molar-refractivity contribution is 5.82. The summed E-state index contributed by atoms with van der Waals surface area (Å²) in [4.78, 5) is 12.2. The van der Waals surface area contributed by atoms with E-state index in [9.17, 15) is 9.90 Å². The molecule has 2 fully saturated rings. The van der Waals surface area contributed by atoms with Crippen LogP contribution in [0.4, 0.5) is 0 Å². The van der Waals surface area contributed by atoms with Crippen molar-refractivity contribution in [1.29, 1.82) is 0 Å². The number of allylic oxidation sites excluding steroid dienone is 18. The van der Waals surface area contributed by atoms with Crippen molar-refractivity contribution < 1.29 is 9.90 Å². The summed E-state index contributed by atoms with van der Waals surface area (Å²) in [7, 11) is 0. The highest BCUT2D eigenvalue weighted by Gasteiger charge is 2.40. The van der Waals surface area contributed by atoms with E-state index in [1.54, 1.807) is 0 Å². The predicted molar refractivity (Wildman–Crippen MR) is 183 cm³/mol. The van der Waals surface area contributed by atoms with Crippen LogP contribution in [0, 0.1) is 34.5 Å². The van der Waals surface area contributed by atoms with Crippen molar-refractivity contribution >= 4 is 5.78 Å². The van der Waals surface area contributed by atoms with Crippen LogP contribution in [0.3, 0.4) is 0 Å². The number of rotatable bonds is 10. The molecule has 0 spiro atoms. The molecule has 0 aromatic rings. The second kappa shape index (κ2) is 16.2. The van der Waals surface area contributed by atoms with Gasteiger partial charge in [0.05, 0.1) is 6.10 Å². The van der Waals surface area contributed by atoms with Crippen LogP contribution in [0.1, 0.15) is 94.9 Å². The first kappa shape index (κ1) is 35.5. The quantitative estimate of drug-likeness (QED) is 0.265. The van der Waals surface area contributed by atoms with E-state index < -0.39 is 0 Å². The standard InChI is InChI=1S/C40H58O2/c1-29(17-13-19-31(3)21-23-35-33(5)37(41)25-27-39(35,7)8)15-11-12-16-30(2)18-14-20-32(4)22-24-36-34(6)38(42)26-28-40(36,9)10/h11-24,33-37,41H,25-28H2,1-10H3/b12-11+,17-13+,18-14+,23-21+,24-22+,29-15+,30-16+,31-19-,32-20-/t33-,34-,35-,36-,37-/m0/s1. The lowest BCUT2D eigenvalue weighted by Crippen LogP contribution is -2.40. The maximum absolute atomic E-state index is 12.2. The Balaban J connectivity index is 1.88. The van der Waals surface area contributed by atoms with Gasteiger partial charge in [-0.3, -0.25) is 4.79 Å². The van der Waals surface area contributed by atoms with Crippen molar-refractivity contribution in [3.05, 3.63) is 107 Å². The van der Waals surface area contributed by atoms with E-state index in [4.69, 9.17) is 0 Å². The SMILES string of the molecule is CC(=C/C=C/C(C)=C/C=C/C=C(C)/C=C/C=C(C)\C=C\[C@H]1[C@H](C)C(=O)CCC1(C)C)/C=C/[C@H]1[C@H](C)[C@@H](O)CCC1(C)C. The monoisotopic (exact) mass is 570 g/mol. The van der Waals surface area contributed by atoms with E-state index in [0.29, 0.717) is 24.0 Å². The van der Waals surface area contributed by atoms with Gasteiger partial charge >= 0.3 is 0 Å². The third-order valence-corrected chi connectivity index (χ3v) is 9.52.